The fourth-order valence-corrected chi connectivity index (χ4v) is 5.58. The first-order valence-corrected chi connectivity index (χ1v) is 13.8. The van der Waals surface area contributed by atoms with Crippen LogP contribution < -0.4 is 4.90 Å². The van der Waals surface area contributed by atoms with Gasteiger partial charge in [-0.05, 0) is 70.7 Å². The highest BCUT2D eigenvalue weighted by atomic mass is 16.6. The number of carbonyl (C=O) groups is 2. The minimum absolute atomic E-state index is 0.0471. The van der Waals surface area contributed by atoms with Crippen LogP contribution in [-0.4, -0.2) is 75.7 Å². The highest BCUT2D eigenvalue weighted by molar-refractivity contribution is 5.86. The fourth-order valence-electron chi connectivity index (χ4n) is 5.58. The van der Waals surface area contributed by atoms with E-state index in [1.165, 1.54) is 0 Å². The average Bonchev–Trinajstić information content (AvgIpc) is 3.07. The fraction of sp³-hybridized carbons (Fsp3) is 0.500. The summed E-state index contributed by atoms with van der Waals surface area (Å²) in [5, 5.41) is 0. The third-order valence-corrected chi connectivity index (χ3v) is 7.48. The zero-order valence-corrected chi connectivity index (χ0v) is 23.0. The Morgan fingerprint density at radius 2 is 1.74 bits per heavy atom. The van der Waals surface area contributed by atoms with Crippen molar-refractivity contribution in [3.8, 4) is 11.4 Å². The molecule has 38 heavy (non-hydrogen) atoms. The lowest BCUT2D eigenvalue weighted by Crippen LogP contribution is -2.54. The molecule has 202 valence electrons. The van der Waals surface area contributed by atoms with Crippen LogP contribution in [0.15, 0.2) is 48.5 Å². The van der Waals surface area contributed by atoms with E-state index in [-0.39, 0.29) is 12.0 Å². The number of imidazole rings is 1. The number of likely N-dealkylation sites (tertiary alicyclic amines) is 1. The molecule has 3 heterocycles. The Bertz CT molecular complexity index is 1310. The minimum Gasteiger partial charge on any atom is -0.444 e. The zero-order chi connectivity index (χ0) is 26.9. The molecule has 8 nitrogen and oxygen atoms in total. The van der Waals surface area contributed by atoms with Crippen molar-refractivity contribution in [2.24, 2.45) is 7.05 Å². The van der Waals surface area contributed by atoms with Gasteiger partial charge in [0.15, 0.2) is 0 Å². The van der Waals surface area contributed by atoms with Gasteiger partial charge in [0.05, 0.1) is 11.0 Å². The molecule has 0 spiro atoms. The first kappa shape index (κ1) is 26.1. The number of ether oxygens (including phenoxy) is 1. The molecule has 2 aliphatic heterocycles. The number of hydrogen-bond donors (Lipinski definition) is 0. The van der Waals surface area contributed by atoms with Crippen LogP contribution in [0, 0.1) is 0 Å². The van der Waals surface area contributed by atoms with Gasteiger partial charge in [-0.3, -0.25) is 9.69 Å². The van der Waals surface area contributed by atoms with Crippen LogP contribution in [0.2, 0.25) is 0 Å². The van der Waals surface area contributed by atoms with Gasteiger partial charge >= 0.3 is 6.09 Å². The Labute approximate surface area is 225 Å². The number of hydrogen-bond acceptors (Lipinski definition) is 5. The summed E-state index contributed by atoms with van der Waals surface area (Å²) in [6.45, 7) is 9.10. The van der Waals surface area contributed by atoms with Crippen molar-refractivity contribution in [3.63, 3.8) is 0 Å². The molecule has 1 aromatic heterocycles. The molecule has 0 N–H and O–H groups in total. The number of para-hydroxylation sites is 2. The van der Waals surface area contributed by atoms with Gasteiger partial charge in [0, 0.05) is 51.0 Å². The Morgan fingerprint density at radius 3 is 2.53 bits per heavy atom. The number of piperidine rings is 1. The summed E-state index contributed by atoms with van der Waals surface area (Å²) in [7, 11) is 2.05. The Hall–Kier alpha value is -3.55. The Morgan fingerprint density at radius 1 is 0.921 bits per heavy atom. The maximum absolute atomic E-state index is 13.6. The van der Waals surface area contributed by atoms with E-state index in [0.717, 1.165) is 60.5 Å². The Kier molecular flexibility index (Phi) is 7.32. The number of benzene rings is 2. The van der Waals surface area contributed by atoms with Crippen molar-refractivity contribution in [1.29, 1.82) is 0 Å². The molecule has 2 aromatic carbocycles. The van der Waals surface area contributed by atoms with Gasteiger partial charge in [-0.15, -0.1) is 0 Å². The zero-order valence-electron chi connectivity index (χ0n) is 23.0. The maximum atomic E-state index is 13.6. The van der Waals surface area contributed by atoms with E-state index in [1.807, 2.05) is 43.9 Å². The summed E-state index contributed by atoms with van der Waals surface area (Å²) in [4.78, 5) is 37.3. The van der Waals surface area contributed by atoms with Gasteiger partial charge in [-0.1, -0.05) is 24.3 Å². The summed E-state index contributed by atoms with van der Waals surface area (Å²) in [6.07, 6.45) is 3.04. The van der Waals surface area contributed by atoms with Crippen molar-refractivity contribution in [3.05, 3.63) is 48.5 Å². The lowest BCUT2D eigenvalue weighted by molar-refractivity contribution is -0.137. The van der Waals surface area contributed by atoms with Crippen LogP contribution in [0.5, 0.6) is 0 Å². The standard InChI is InChI=1S/C30H39N5O3/c1-30(2,3)38-29(37)35-18-8-7-15-26(35)28(36)34-17-10-16-33(19-20-34)23-12-9-11-22(21-23)27-31-24-13-5-6-14-25(24)32(27)4/h5-6,9,11-14,21,26H,7-8,10,15-20H2,1-4H3/t26-/m0/s1. The summed E-state index contributed by atoms with van der Waals surface area (Å²) >= 11 is 0. The molecule has 1 atom stereocenters. The molecule has 2 amide bonds. The first-order chi connectivity index (χ1) is 18.2. The largest absolute Gasteiger partial charge is 0.444 e. The molecule has 5 rings (SSSR count). The molecule has 0 bridgehead atoms. The van der Waals surface area contributed by atoms with Crippen molar-refractivity contribution < 1.29 is 14.3 Å². The van der Waals surface area contributed by atoms with E-state index in [4.69, 9.17) is 9.72 Å². The van der Waals surface area contributed by atoms with E-state index in [2.05, 4.69) is 46.8 Å². The van der Waals surface area contributed by atoms with Gasteiger partial charge in [0.1, 0.15) is 17.5 Å². The van der Waals surface area contributed by atoms with Crippen molar-refractivity contribution in [1.82, 2.24) is 19.4 Å². The predicted molar refractivity (Wildman–Crippen MR) is 150 cm³/mol. The van der Waals surface area contributed by atoms with Gasteiger partial charge in [0.25, 0.3) is 0 Å². The quantitative estimate of drug-likeness (QED) is 0.485. The third kappa shape index (κ3) is 5.49. The molecular weight excluding hydrogens is 478 g/mol. The second kappa shape index (κ2) is 10.7. The third-order valence-electron chi connectivity index (χ3n) is 7.48. The topological polar surface area (TPSA) is 70.9 Å². The van der Waals surface area contributed by atoms with Crippen LogP contribution >= 0.6 is 0 Å². The molecule has 2 saturated heterocycles. The second-order valence-electron chi connectivity index (χ2n) is 11.4. The molecule has 8 heteroatoms. The second-order valence-corrected chi connectivity index (χ2v) is 11.4. The van der Waals surface area contributed by atoms with E-state index in [0.29, 0.717) is 26.1 Å². The van der Waals surface area contributed by atoms with Crippen LogP contribution in [0.3, 0.4) is 0 Å². The normalized spacial score (nSPS) is 18.9. The summed E-state index contributed by atoms with van der Waals surface area (Å²) in [6, 6.07) is 16.3. The van der Waals surface area contributed by atoms with Gasteiger partial charge in [0.2, 0.25) is 5.91 Å². The van der Waals surface area contributed by atoms with Crippen LogP contribution in [0.25, 0.3) is 22.4 Å². The molecule has 0 radical (unpaired) electrons. The number of nitrogens with zero attached hydrogens (tertiary/aromatic N) is 5. The molecule has 0 unspecified atom stereocenters. The smallest absolute Gasteiger partial charge is 0.410 e. The monoisotopic (exact) mass is 517 g/mol. The lowest BCUT2D eigenvalue weighted by atomic mass is 10.0. The minimum atomic E-state index is -0.582. The predicted octanol–water partition coefficient (Wildman–Crippen LogP) is 5.07. The van der Waals surface area contributed by atoms with Gasteiger partial charge < -0.3 is 19.1 Å². The van der Waals surface area contributed by atoms with E-state index in [1.54, 1.807) is 4.90 Å². The number of carbonyl (C=O) groups excluding carboxylic acids is 2. The molecular formula is C30H39N5O3. The van der Waals surface area contributed by atoms with Gasteiger partial charge in [-0.2, -0.15) is 0 Å². The summed E-state index contributed by atoms with van der Waals surface area (Å²) < 4.78 is 7.76. The van der Waals surface area contributed by atoms with Crippen molar-refractivity contribution >= 4 is 28.7 Å². The first-order valence-electron chi connectivity index (χ1n) is 13.8. The maximum Gasteiger partial charge on any atom is 0.410 e. The molecule has 2 fully saturated rings. The van der Waals surface area contributed by atoms with Crippen molar-refractivity contribution in [2.45, 2.75) is 58.1 Å². The van der Waals surface area contributed by atoms with Gasteiger partial charge in [-0.25, -0.2) is 9.78 Å². The molecule has 0 saturated carbocycles. The number of aromatic nitrogens is 2. The average molecular weight is 518 g/mol. The van der Waals surface area contributed by atoms with E-state index < -0.39 is 11.6 Å². The summed E-state index contributed by atoms with van der Waals surface area (Å²) in [5.74, 6) is 0.991. The number of fused-ring (bicyclic) bond motifs is 1. The van der Waals surface area contributed by atoms with E-state index in [9.17, 15) is 9.59 Å². The SMILES string of the molecule is Cn1c(-c2cccc(N3CCCN(C(=O)[C@@H]4CCCCN4C(=O)OC(C)(C)C)CC3)c2)nc2ccccc21. The molecule has 0 aliphatic carbocycles. The highest BCUT2D eigenvalue weighted by Gasteiger charge is 2.37. The van der Waals surface area contributed by atoms with Crippen LogP contribution in [0.4, 0.5) is 10.5 Å². The molecule has 3 aromatic rings. The number of aryl methyl sites for hydroxylation is 1. The highest BCUT2D eigenvalue weighted by Crippen LogP contribution is 2.28. The van der Waals surface area contributed by atoms with E-state index >= 15 is 0 Å². The summed E-state index contributed by atoms with van der Waals surface area (Å²) in [5.41, 5.74) is 3.73. The molecule has 2 aliphatic rings. The lowest BCUT2D eigenvalue weighted by Gasteiger charge is -2.38. The Balaban J connectivity index is 1.29. The number of amides is 2. The van der Waals surface area contributed by atoms with Crippen LogP contribution in [0.1, 0.15) is 46.5 Å². The number of anilines is 1. The number of rotatable bonds is 3. The van der Waals surface area contributed by atoms with Crippen LogP contribution in [-0.2, 0) is 16.6 Å². The van der Waals surface area contributed by atoms with Crippen molar-refractivity contribution in [2.75, 3.05) is 37.6 Å².